The number of carbonyl (C=O) groups excluding carboxylic acids is 1. The second-order valence-electron chi connectivity index (χ2n) is 10.2. The average molecular weight is 545 g/mol. The fourth-order valence-corrected chi connectivity index (χ4v) is 4.77. The van der Waals surface area contributed by atoms with Gasteiger partial charge in [0, 0.05) is 12.1 Å². The summed E-state index contributed by atoms with van der Waals surface area (Å²) in [6.07, 6.45) is 2.75. The van der Waals surface area contributed by atoms with Gasteiger partial charge in [0.25, 0.3) is 0 Å². The normalized spacial score (nSPS) is 11.3. The molecule has 37 heavy (non-hydrogen) atoms. The zero-order chi connectivity index (χ0) is 26.7. The van der Waals surface area contributed by atoms with Crippen molar-refractivity contribution >= 4 is 31.0 Å². The van der Waals surface area contributed by atoms with Gasteiger partial charge in [-0.2, -0.15) is 0 Å². The van der Waals surface area contributed by atoms with Crippen LogP contribution in [-0.4, -0.2) is 32.5 Å². The molecule has 2 aromatic rings. The standard InChI is InChI=1S/C29H42ClO5P.Li.H/c1-19(2)11-14-33-22-17-25(34-15-12-20(3)4)28(26(18-22)35-16-13-21(5)6)36-29(31)27-23(30)9-8-10-24(27)32-7;;/h8-10,17-21,36H,11-16H2,1-7H3;;/q;+1;-1. The van der Waals surface area contributed by atoms with E-state index in [1.807, 2.05) is 12.1 Å². The first-order valence-corrected chi connectivity index (χ1v) is 14.2. The van der Waals surface area contributed by atoms with Crippen molar-refractivity contribution in [3.63, 3.8) is 0 Å². The molecule has 0 heterocycles. The molecule has 0 aliphatic heterocycles. The van der Waals surface area contributed by atoms with Crippen LogP contribution in [0.15, 0.2) is 30.3 Å². The summed E-state index contributed by atoms with van der Waals surface area (Å²) in [5.41, 5.74) is 0.242. The van der Waals surface area contributed by atoms with Crippen molar-refractivity contribution in [2.75, 3.05) is 26.9 Å². The monoisotopic (exact) mass is 544 g/mol. The molecule has 0 saturated carbocycles. The van der Waals surface area contributed by atoms with E-state index in [1.54, 1.807) is 18.2 Å². The number of carbonyl (C=O) groups is 1. The van der Waals surface area contributed by atoms with E-state index in [4.69, 9.17) is 30.5 Å². The van der Waals surface area contributed by atoms with Crippen LogP contribution in [0.1, 0.15) is 72.6 Å². The molecule has 0 aliphatic carbocycles. The van der Waals surface area contributed by atoms with Crippen LogP contribution in [0.2, 0.25) is 5.02 Å². The second-order valence-corrected chi connectivity index (χ2v) is 11.8. The van der Waals surface area contributed by atoms with Gasteiger partial charge in [-0.15, -0.1) is 0 Å². The van der Waals surface area contributed by atoms with E-state index in [-0.39, 0.29) is 34.4 Å². The van der Waals surface area contributed by atoms with Crippen molar-refractivity contribution < 1.29 is 44.0 Å². The summed E-state index contributed by atoms with van der Waals surface area (Å²) < 4.78 is 24.0. The van der Waals surface area contributed by atoms with E-state index in [9.17, 15) is 4.79 Å². The predicted octanol–water partition coefficient (Wildman–Crippen LogP) is 4.88. The van der Waals surface area contributed by atoms with Crippen LogP contribution < -0.4 is 43.1 Å². The average Bonchev–Trinajstić information content (AvgIpc) is 2.79. The quantitative estimate of drug-likeness (QED) is 0.223. The first kappa shape index (κ1) is 33.7. The van der Waals surface area contributed by atoms with Gasteiger partial charge in [-0.1, -0.05) is 59.2 Å². The van der Waals surface area contributed by atoms with E-state index in [0.717, 1.165) is 24.6 Å². The Morgan fingerprint density at radius 3 is 1.78 bits per heavy atom. The third kappa shape index (κ3) is 11.5. The number of methoxy groups -OCH3 is 1. The van der Waals surface area contributed by atoms with E-state index < -0.39 is 0 Å². The van der Waals surface area contributed by atoms with Crippen molar-refractivity contribution in [3.05, 3.63) is 40.9 Å². The van der Waals surface area contributed by atoms with Gasteiger partial charge in [-0.25, -0.2) is 0 Å². The summed E-state index contributed by atoms with van der Waals surface area (Å²) in [5.74, 6) is 3.92. The van der Waals surface area contributed by atoms with Crippen LogP contribution in [0.5, 0.6) is 23.0 Å². The van der Waals surface area contributed by atoms with E-state index in [1.165, 1.54) is 7.11 Å². The number of ether oxygens (including phenoxy) is 4. The minimum atomic E-state index is -0.254. The van der Waals surface area contributed by atoms with E-state index >= 15 is 0 Å². The summed E-state index contributed by atoms with van der Waals surface area (Å²) in [4.78, 5) is 13.5. The van der Waals surface area contributed by atoms with Crippen LogP contribution in [0, 0.1) is 17.8 Å². The van der Waals surface area contributed by atoms with Crippen LogP contribution in [-0.2, 0) is 0 Å². The second kappa shape index (κ2) is 17.3. The molecule has 0 N–H and O–H groups in total. The third-order valence-electron chi connectivity index (χ3n) is 5.57. The zero-order valence-corrected chi connectivity index (χ0v) is 25.5. The van der Waals surface area contributed by atoms with Gasteiger partial charge in [-0.3, -0.25) is 4.79 Å². The molecule has 1 atom stereocenters. The third-order valence-corrected chi connectivity index (χ3v) is 7.10. The van der Waals surface area contributed by atoms with Crippen molar-refractivity contribution in [1.82, 2.24) is 0 Å². The molecule has 1 unspecified atom stereocenters. The number of rotatable bonds is 16. The van der Waals surface area contributed by atoms with E-state index in [2.05, 4.69) is 41.5 Å². The fraction of sp³-hybridized carbons (Fsp3) is 0.552. The van der Waals surface area contributed by atoms with Crippen LogP contribution in [0.25, 0.3) is 0 Å². The minimum absolute atomic E-state index is 0. The molecule has 0 aliphatic rings. The Morgan fingerprint density at radius 1 is 0.838 bits per heavy atom. The topological polar surface area (TPSA) is 54.0 Å². The molecule has 0 fully saturated rings. The SMILES string of the molecule is COc1cccc(Cl)c1C(=O)Pc1c(OCCC(C)C)cc(OCCC(C)C)cc1OCCC(C)C.[H-].[Li+]. The van der Waals surface area contributed by atoms with Crippen LogP contribution in [0.3, 0.4) is 0 Å². The molecular formula is C29H43ClLiO5P. The Kier molecular flexibility index (Phi) is 15.7. The minimum Gasteiger partial charge on any atom is -1.00 e. The summed E-state index contributed by atoms with van der Waals surface area (Å²) in [6.45, 7) is 14.7. The molecule has 2 aromatic carbocycles. The number of benzene rings is 2. The molecule has 2 rings (SSSR count). The molecule has 8 heteroatoms. The summed E-state index contributed by atoms with van der Waals surface area (Å²) in [7, 11) is 1.28. The Labute approximate surface area is 243 Å². The molecule has 0 saturated heterocycles. The summed E-state index contributed by atoms with van der Waals surface area (Å²) >= 11 is 6.41. The van der Waals surface area contributed by atoms with Gasteiger partial charge >= 0.3 is 18.9 Å². The van der Waals surface area contributed by atoms with Crippen LogP contribution in [0.4, 0.5) is 0 Å². The summed E-state index contributed by atoms with van der Waals surface area (Å²) in [5, 5.41) is 1.09. The zero-order valence-electron chi connectivity index (χ0n) is 24.8. The predicted molar refractivity (Wildman–Crippen MR) is 153 cm³/mol. The van der Waals surface area contributed by atoms with Gasteiger partial charge in [0.15, 0.2) is 5.52 Å². The molecule has 0 radical (unpaired) electrons. The first-order chi connectivity index (χ1) is 17.1. The number of hydrogen-bond acceptors (Lipinski definition) is 5. The number of hydrogen-bond donors (Lipinski definition) is 0. The Hall–Kier alpha value is -1.37. The maximum absolute atomic E-state index is 13.5. The van der Waals surface area contributed by atoms with Crippen molar-refractivity contribution in [2.24, 2.45) is 17.8 Å². The molecule has 0 bridgehead atoms. The molecular weight excluding hydrogens is 502 g/mol. The maximum Gasteiger partial charge on any atom is 1.00 e. The largest absolute Gasteiger partial charge is 1.00 e. The molecule has 0 aromatic heterocycles. The number of halogens is 1. The van der Waals surface area contributed by atoms with Crippen molar-refractivity contribution in [1.29, 1.82) is 0 Å². The van der Waals surface area contributed by atoms with Crippen molar-refractivity contribution in [3.8, 4) is 23.0 Å². The van der Waals surface area contributed by atoms with Crippen LogP contribution >= 0.6 is 20.2 Å². The van der Waals surface area contributed by atoms with E-state index in [0.29, 0.717) is 71.2 Å². The Balaban J connectivity index is 0.00000684. The van der Waals surface area contributed by atoms with Crippen molar-refractivity contribution in [2.45, 2.75) is 60.8 Å². The van der Waals surface area contributed by atoms with Gasteiger partial charge in [0.1, 0.15) is 23.0 Å². The smallest absolute Gasteiger partial charge is 1.00 e. The molecule has 0 amide bonds. The summed E-state index contributed by atoms with van der Waals surface area (Å²) in [6, 6.07) is 8.99. The first-order valence-electron chi connectivity index (χ1n) is 12.8. The van der Waals surface area contributed by atoms with Gasteiger partial charge < -0.3 is 20.4 Å². The van der Waals surface area contributed by atoms with Gasteiger partial charge in [0.05, 0.1) is 42.8 Å². The van der Waals surface area contributed by atoms with Gasteiger partial charge in [-0.05, 0) is 57.7 Å². The molecule has 202 valence electrons. The Morgan fingerprint density at radius 2 is 1.32 bits per heavy atom. The Bertz CT molecular complexity index is 952. The fourth-order valence-electron chi connectivity index (χ4n) is 3.29. The maximum atomic E-state index is 13.5. The van der Waals surface area contributed by atoms with Gasteiger partial charge in [0.2, 0.25) is 0 Å². The molecule has 5 nitrogen and oxygen atoms in total. The molecule has 0 spiro atoms.